The fourth-order valence-corrected chi connectivity index (χ4v) is 1.69. The van der Waals surface area contributed by atoms with Gasteiger partial charge in [0, 0.05) is 37.0 Å². The van der Waals surface area contributed by atoms with Gasteiger partial charge in [0.15, 0.2) is 0 Å². The minimum Gasteiger partial charge on any atom is -0.385 e. The van der Waals surface area contributed by atoms with E-state index >= 15 is 0 Å². The van der Waals surface area contributed by atoms with Gasteiger partial charge in [-0.25, -0.2) is 0 Å². The number of methoxy groups -OCH3 is 1. The number of halogens is 1. The van der Waals surface area contributed by atoms with Gasteiger partial charge in [-0.1, -0.05) is 12.1 Å². The van der Waals surface area contributed by atoms with Gasteiger partial charge in [0.05, 0.1) is 6.61 Å². The number of anilines is 1. The Balaban J connectivity index is 2.05. The molecule has 0 aliphatic heterocycles. The Morgan fingerprint density at radius 1 is 1.19 bits per heavy atom. The van der Waals surface area contributed by atoms with Crippen LogP contribution in [0.5, 0.6) is 0 Å². The van der Waals surface area contributed by atoms with Crippen molar-refractivity contribution in [1.82, 2.24) is 0 Å². The van der Waals surface area contributed by atoms with Gasteiger partial charge < -0.3 is 14.8 Å². The Bertz CT molecular complexity index is 294. The molecule has 0 amide bonds. The molecule has 0 unspecified atom stereocenters. The second-order valence-electron chi connectivity index (χ2n) is 3.37. The molecule has 0 aliphatic rings. The summed E-state index contributed by atoms with van der Waals surface area (Å²) in [6, 6.07) is 8.06. The maximum atomic E-state index is 5.44. The Labute approximate surface area is 105 Å². The summed E-state index contributed by atoms with van der Waals surface area (Å²) >= 11 is 3.48. The van der Waals surface area contributed by atoms with Crippen molar-refractivity contribution < 1.29 is 9.47 Å². The van der Waals surface area contributed by atoms with Crippen LogP contribution in [0, 0.1) is 0 Å². The number of nitrogens with one attached hydrogen (secondary N) is 1. The van der Waals surface area contributed by atoms with Crippen LogP contribution in [-0.2, 0) is 9.47 Å². The highest BCUT2D eigenvalue weighted by atomic mass is 79.9. The molecule has 0 heterocycles. The van der Waals surface area contributed by atoms with Gasteiger partial charge in [0.1, 0.15) is 0 Å². The Morgan fingerprint density at radius 3 is 2.75 bits per heavy atom. The van der Waals surface area contributed by atoms with Gasteiger partial charge in [-0.2, -0.15) is 0 Å². The first-order chi connectivity index (χ1) is 7.84. The predicted molar refractivity (Wildman–Crippen MR) is 69.9 cm³/mol. The minimum atomic E-state index is 0.713. The summed E-state index contributed by atoms with van der Waals surface area (Å²) in [4.78, 5) is 0. The zero-order chi connectivity index (χ0) is 11.6. The molecule has 0 saturated heterocycles. The number of rotatable bonds is 8. The summed E-state index contributed by atoms with van der Waals surface area (Å²) in [6.45, 7) is 3.05. The number of benzene rings is 1. The van der Waals surface area contributed by atoms with E-state index in [0.717, 1.165) is 36.3 Å². The highest BCUT2D eigenvalue weighted by Crippen LogP contribution is 2.20. The molecule has 16 heavy (non-hydrogen) atoms. The molecule has 3 nitrogen and oxygen atoms in total. The molecule has 1 aromatic rings. The van der Waals surface area contributed by atoms with Crippen LogP contribution >= 0.6 is 15.9 Å². The maximum absolute atomic E-state index is 5.44. The first-order valence-corrected chi connectivity index (χ1v) is 6.19. The van der Waals surface area contributed by atoms with Crippen LogP contribution in [0.2, 0.25) is 0 Å². The molecule has 1 rings (SSSR count). The second-order valence-corrected chi connectivity index (χ2v) is 4.22. The Hall–Kier alpha value is -0.580. The molecule has 4 heteroatoms. The summed E-state index contributed by atoms with van der Waals surface area (Å²) in [5, 5.41) is 3.30. The fraction of sp³-hybridized carbons (Fsp3) is 0.500. The SMILES string of the molecule is COCCCOCCNc1ccccc1Br. The highest BCUT2D eigenvalue weighted by molar-refractivity contribution is 9.10. The molecule has 0 radical (unpaired) electrons. The fourth-order valence-electron chi connectivity index (χ4n) is 1.27. The van der Waals surface area contributed by atoms with Gasteiger partial charge in [-0.15, -0.1) is 0 Å². The van der Waals surface area contributed by atoms with Crippen molar-refractivity contribution in [3.8, 4) is 0 Å². The average molecular weight is 288 g/mol. The predicted octanol–water partition coefficient (Wildman–Crippen LogP) is 2.91. The largest absolute Gasteiger partial charge is 0.385 e. The van der Waals surface area contributed by atoms with Crippen LogP contribution < -0.4 is 5.32 Å². The lowest BCUT2D eigenvalue weighted by atomic mass is 10.3. The van der Waals surface area contributed by atoms with E-state index in [1.807, 2.05) is 24.3 Å². The lowest BCUT2D eigenvalue weighted by Gasteiger charge is -2.08. The molecule has 0 spiro atoms. The maximum Gasteiger partial charge on any atom is 0.0639 e. The average Bonchev–Trinajstić information content (AvgIpc) is 2.30. The molecule has 0 saturated carbocycles. The van der Waals surface area contributed by atoms with E-state index in [4.69, 9.17) is 9.47 Å². The van der Waals surface area contributed by atoms with Crippen LogP contribution in [0.15, 0.2) is 28.7 Å². The molecule has 0 fully saturated rings. The molecule has 0 atom stereocenters. The van der Waals surface area contributed by atoms with Crippen molar-refractivity contribution in [1.29, 1.82) is 0 Å². The molecule has 0 aliphatic carbocycles. The zero-order valence-corrected chi connectivity index (χ0v) is 11.1. The van der Waals surface area contributed by atoms with Crippen molar-refractivity contribution in [3.63, 3.8) is 0 Å². The lowest BCUT2D eigenvalue weighted by Crippen LogP contribution is -2.10. The third-order valence-electron chi connectivity index (χ3n) is 2.07. The summed E-state index contributed by atoms with van der Waals surface area (Å²) in [5.74, 6) is 0. The Morgan fingerprint density at radius 2 is 2.00 bits per heavy atom. The van der Waals surface area contributed by atoms with Crippen LogP contribution in [0.3, 0.4) is 0 Å². The van der Waals surface area contributed by atoms with E-state index in [9.17, 15) is 0 Å². The van der Waals surface area contributed by atoms with Crippen molar-refractivity contribution >= 4 is 21.6 Å². The van der Waals surface area contributed by atoms with Crippen LogP contribution in [0.1, 0.15) is 6.42 Å². The standard InChI is InChI=1S/C12H18BrNO2/c1-15-8-4-9-16-10-7-14-12-6-3-2-5-11(12)13/h2-3,5-6,14H,4,7-10H2,1H3. The normalized spacial score (nSPS) is 10.4. The van der Waals surface area contributed by atoms with Gasteiger partial charge in [0.25, 0.3) is 0 Å². The molecule has 1 N–H and O–H groups in total. The monoisotopic (exact) mass is 287 g/mol. The van der Waals surface area contributed by atoms with Gasteiger partial charge in [0.2, 0.25) is 0 Å². The second kappa shape index (κ2) is 8.56. The lowest BCUT2D eigenvalue weighted by molar-refractivity contribution is 0.109. The number of para-hydroxylation sites is 1. The van der Waals surface area contributed by atoms with E-state index < -0.39 is 0 Å². The van der Waals surface area contributed by atoms with E-state index in [0.29, 0.717) is 6.61 Å². The number of ether oxygens (including phenoxy) is 2. The molecule has 90 valence electrons. The number of hydrogen-bond donors (Lipinski definition) is 1. The first-order valence-electron chi connectivity index (χ1n) is 5.39. The first kappa shape index (κ1) is 13.5. The third kappa shape index (κ3) is 5.49. The highest BCUT2D eigenvalue weighted by Gasteiger charge is 1.96. The van der Waals surface area contributed by atoms with Crippen molar-refractivity contribution in [2.75, 3.05) is 38.8 Å². The van der Waals surface area contributed by atoms with Crippen molar-refractivity contribution in [3.05, 3.63) is 28.7 Å². The number of hydrogen-bond acceptors (Lipinski definition) is 3. The van der Waals surface area contributed by atoms with Crippen LogP contribution in [0.25, 0.3) is 0 Å². The topological polar surface area (TPSA) is 30.5 Å². The van der Waals surface area contributed by atoms with Gasteiger partial charge in [-0.3, -0.25) is 0 Å². The van der Waals surface area contributed by atoms with Gasteiger partial charge >= 0.3 is 0 Å². The summed E-state index contributed by atoms with van der Waals surface area (Å²) in [5.41, 5.74) is 1.10. The molecular weight excluding hydrogens is 270 g/mol. The summed E-state index contributed by atoms with van der Waals surface area (Å²) < 4.78 is 11.4. The molecular formula is C12H18BrNO2. The van der Waals surface area contributed by atoms with E-state index in [1.165, 1.54) is 0 Å². The van der Waals surface area contributed by atoms with Crippen LogP contribution in [-0.4, -0.2) is 33.5 Å². The molecule has 1 aromatic carbocycles. The van der Waals surface area contributed by atoms with Crippen molar-refractivity contribution in [2.24, 2.45) is 0 Å². The van der Waals surface area contributed by atoms with Crippen molar-refractivity contribution in [2.45, 2.75) is 6.42 Å². The Kier molecular flexibility index (Phi) is 7.21. The van der Waals surface area contributed by atoms with Crippen LogP contribution in [0.4, 0.5) is 5.69 Å². The summed E-state index contributed by atoms with van der Waals surface area (Å²) in [7, 11) is 1.70. The molecule has 0 aromatic heterocycles. The van der Waals surface area contributed by atoms with Gasteiger partial charge in [-0.05, 0) is 34.5 Å². The zero-order valence-electron chi connectivity index (χ0n) is 9.54. The molecule has 0 bridgehead atoms. The quantitative estimate of drug-likeness (QED) is 0.746. The summed E-state index contributed by atoms with van der Waals surface area (Å²) in [6.07, 6.45) is 0.950. The van der Waals surface area contributed by atoms with E-state index in [2.05, 4.69) is 21.2 Å². The van der Waals surface area contributed by atoms with E-state index in [-0.39, 0.29) is 0 Å². The third-order valence-corrected chi connectivity index (χ3v) is 2.76. The van der Waals surface area contributed by atoms with E-state index in [1.54, 1.807) is 7.11 Å². The smallest absolute Gasteiger partial charge is 0.0639 e. The minimum absolute atomic E-state index is 0.713.